The molecule has 0 aliphatic carbocycles. The fourth-order valence-electron chi connectivity index (χ4n) is 3.98. The lowest BCUT2D eigenvalue weighted by Crippen LogP contribution is -2.39. The molecule has 1 aliphatic rings. The van der Waals surface area contributed by atoms with Gasteiger partial charge in [0.15, 0.2) is 0 Å². The van der Waals surface area contributed by atoms with Crippen LogP contribution in [0.4, 0.5) is 0 Å². The largest absolute Gasteiger partial charge is 0.497 e. The first-order chi connectivity index (χ1) is 15.5. The zero-order valence-electron chi connectivity index (χ0n) is 19.3. The molecule has 0 saturated carbocycles. The molecule has 0 unspecified atom stereocenters. The molecular weight excluding hydrogens is 404 g/mol. The van der Waals surface area contributed by atoms with Gasteiger partial charge in [-0.1, -0.05) is 12.1 Å². The Morgan fingerprint density at radius 2 is 1.91 bits per heavy atom. The average molecular weight is 439 g/mol. The summed E-state index contributed by atoms with van der Waals surface area (Å²) in [5.41, 5.74) is 2.43. The lowest BCUT2D eigenvalue weighted by Gasteiger charge is -2.33. The van der Waals surface area contributed by atoms with Crippen molar-refractivity contribution >= 4 is 11.8 Å². The molecule has 1 N–H and O–H groups in total. The normalized spacial score (nSPS) is 16.1. The van der Waals surface area contributed by atoms with Gasteiger partial charge >= 0.3 is 0 Å². The van der Waals surface area contributed by atoms with Gasteiger partial charge in [-0.3, -0.25) is 9.59 Å². The molecule has 3 rings (SSSR count). The number of ether oxygens (including phenoxy) is 2. The van der Waals surface area contributed by atoms with Crippen LogP contribution < -0.4 is 10.1 Å². The summed E-state index contributed by atoms with van der Waals surface area (Å²) in [4.78, 5) is 27.4. The molecule has 6 nitrogen and oxygen atoms in total. The molecule has 6 heteroatoms. The Kier molecular flexibility index (Phi) is 8.68. The van der Waals surface area contributed by atoms with E-state index >= 15 is 0 Å². The minimum absolute atomic E-state index is 0.0369. The molecule has 172 valence electrons. The first-order valence-corrected chi connectivity index (χ1v) is 11.4. The number of nitrogens with zero attached hydrogens (tertiary/aromatic N) is 1. The topological polar surface area (TPSA) is 67.9 Å². The highest BCUT2D eigenvalue weighted by atomic mass is 16.5. The number of amides is 2. The second-order valence-electron chi connectivity index (χ2n) is 8.47. The van der Waals surface area contributed by atoms with Gasteiger partial charge in [0.1, 0.15) is 5.75 Å². The van der Waals surface area contributed by atoms with E-state index in [2.05, 4.69) is 11.4 Å². The summed E-state index contributed by atoms with van der Waals surface area (Å²) in [5.74, 6) is 0.923. The predicted octanol–water partition coefficient (Wildman–Crippen LogP) is 4.26. The number of hydrogen-bond donors (Lipinski definition) is 1. The molecule has 1 heterocycles. The van der Waals surface area contributed by atoms with Crippen molar-refractivity contribution in [2.45, 2.75) is 45.1 Å². The molecule has 1 fully saturated rings. The van der Waals surface area contributed by atoms with Crippen LogP contribution in [0, 0.1) is 0 Å². The number of piperidine rings is 1. The SMILES string of the molecule is COc1ccc(C(=O)N2CCC[C@H](c3cccc(C(=O)NCCCOC(C)C)c3)C2)cc1. The van der Waals surface area contributed by atoms with E-state index < -0.39 is 0 Å². The van der Waals surface area contributed by atoms with Crippen LogP contribution >= 0.6 is 0 Å². The lowest BCUT2D eigenvalue weighted by molar-refractivity contribution is 0.0705. The van der Waals surface area contributed by atoms with E-state index in [4.69, 9.17) is 9.47 Å². The zero-order chi connectivity index (χ0) is 22.9. The Hall–Kier alpha value is -2.86. The number of nitrogens with one attached hydrogen (secondary N) is 1. The van der Waals surface area contributed by atoms with Crippen molar-refractivity contribution in [1.29, 1.82) is 0 Å². The van der Waals surface area contributed by atoms with E-state index in [1.54, 1.807) is 7.11 Å². The molecule has 1 aliphatic heterocycles. The monoisotopic (exact) mass is 438 g/mol. The maximum absolute atomic E-state index is 13.0. The summed E-state index contributed by atoms with van der Waals surface area (Å²) in [7, 11) is 1.61. The van der Waals surface area contributed by atoms with Crippen LogP contribution in [0.5, 0.6) is 5.75 Å². The van der Waals surface area contributed by atoms with Gasteiger partial charge in [-0.15, -0.1) is 0 Å². The third-order valence-corrected chi connectivity index (χ3v) is 5.72. The fourth-order valence-corrected chi connectivity index (χ4v) is 3.98. The van der Waals surface area contributed by atoms with E-state index in [9.17, 15) is 9.59 Å². The van der Waals surface area contributed by atoms with E-state index in [0.29, 0.717) is 30.8 Å². The van der Waals surface area contributed by atoms with Crippen molar-refractivity contribution < 1.29 is 19.1 Å². The molecule has 0 radical (unpaired) electrons. The summed E-state index contributed by atoms with van der Waals surface area (Å²) in [6.45, 7) is 6.63. The number of methoxy groups -OCH3 is 1. The van der Waals surface area contributed by atoms with Gasteiger partial charge in [-0.25, -0.2) is 0 Å². The molecule has 1 atom stereocenters. The van der Waals surface area contributed by atoms with Crippen molar-refractivity contribution in [2.75, 3.05) is 33.4 Å². The maximum Gasteiger partial charge on any atom is 0.253 e. The highest BCUT2D eigenvalue weighted by Crippen LogP contribution is 2.28. The second kappa shape index (κ2) is 11.7. The van der Waals surface area contributed by atoms with Crippen molar-refractivity contribution in [2.24, 2.45) is 0 Å². The third-order valence-electron chi connectivity index (χ3n) is 5.72. The van der Waals surface area contributed by atoms with Gasteiger partial charge in [0.2, 0.25) is 0 Å². The molecule has 2 aromatic carbocycles. The van der Waals surface area contributed by atoms with Gasteiger partial charge in [0.05, 0.1) is 13.2 Å². The summed E-state index contributed by atoms with van der Waals surface area (Å²) >= 11 is 0. The minimum Gasteiger partial charge on any atom is -0.497 e. The van der Waals surface area contributed by atoms with Crippen LogP contribution in [0.3, 0.4) is 0 Å². The maximum atomic E-state index is 13.0. The third kappa shape index (κ3) is 6.57. The standard InChI is InChI=1S/C26H34N2O4/c1-19(2)32-16-6-14-27-25(29)22-8-4-7-21(17-22)23-9-5-15-28(18-23)26(30)20-10-12-24(31-3)13-11-20/h4,7-8,10-13,17,19,23H,5-6,9,14-16,18H2,1-3H3,(H,27,29)/t23-/m0/s1. The van der Waals surface area contributed by atoms with Crippen LogP contribution in [-0.2, 0) is 4.74 Å². The number of rotatable bonds is 9. The van der Waals surface area contributed by atoms with E-state index in [0.717, 1.165) is 37.1 Å². The molecule has 1 saturated heterocycles. The molecule has 2 aromatic rings. The van der Waals surface area contributed by atoms with Crippen LogP contribution in [-0.4, -0.2) is 56.2 Å². The van der Waals surface area contributed by atoms with Gasteiger partial charge in [0, 0.05) is 43.3 Å². The van der Waals surface area contributed by atoms with Crippen molar-refractivity contribution in [3.63, 3.8) is 0 Å². The Bertz CT molecular complexity index is 895. The van der Waals surface area contributed by atoms with Crippen molar-refractivity contribution in [1.82, 2.24) is 10.2 Å². The molecule has 0 bridgehead atoms. The van der Waals surface area contributed by atoms with Crippen LogP contribution in [0.2, 0.25) is 0 Å². The fraction of sp³-hybridized carbons (Fsp3) is 0.462. The Morgan fingerprint density at radius 3 is 2.62 bits per heavy atom. The Balaban J connectivity index is 1.58. The van der Waals surface area contributed by atoms with Gasteiger partial charge in [-0.2, -0.15) is 0 Å². The number of carbonyl (C=O) groups excluding carboxylic acids is 2. The Labute approximate surface area is 190 Å². The lowest BCUT2D eigenvalue weighted by atomic mass is 9.89. The van der Waals surface area contributed by atoms with Crippen LogP contribution in [0.1, 0.15) is 65.3 Å². The van der Waals surface area contributed by atoms with Gasteiger partial charge in [-0.05, 0) is 75.1 Å². The van der Waals surface area contributed by atoms with Crippen molar-refractivity contribution in [3.05, 3.63) is 65.2 Å². The van der Waals surface area contributed by atoms with E-state index in [-0.39, 0.29) is 23.8 Å². The summed E-state index contributed by atoms with van der Waals surface area (Å²) < 4.78 is 10.7. The highest BCUT2D eigenvalue weighted by Gasteiger charge is 2.26. The smallest absolute Gasteiger partial charge is 0.253 e. The summed E-state index contributed by atoms with van der Waals surface area (Å²) in [6, 6.07) is 15.0. The number of likely N-dealkylation sites (tertiary alicyclic amines) is 1. The first kappa shape index (κ1) is 23.8. The summed E-state index contributed by atoms with van der Waals surface area (Å²) in [5, 5.41) is 2.97. The van der Waals surface area contributed by atoms with Crippen LogP contribution in [0.15, 0.2) is 48.5 Å². The number of benzene rings is 2. The minimum atomic E-state index is -0.0710. The average Bonchev–Trinajstić information content (AvgIpc) is 2.83. The Morgan fingerprint density at radius 1 is 1.12 bits per heavy atom. The number of carbonyl (C=O) groups is 2. The molecular formula is C26H34N2O4. The van der Waals surface area contributed by atoms with Gasteiger partial charge < -0.3 is 19.7 Å². The molecule has 2 amide bonds. The molecule has 0 aromatic heterocycles. The van der Waals surface area contributed by atoms with Crippen molar-refractivity contribution in [3.8, 4) is 5.75 Å². The van der Waals surface area contributed by atoms with Gasteiger partial charge in [0.25, 0.3) is 11.8 Å². The molecule has 32 heavy (non-hydrogen) atoms. The molecule has 0 spiro atoms. The number of hydrogen-bond acceptors (Lipinski definition) is 4. The predicted molar refractivity (Wildman–Crippen MR) is 125 cm³/mol. The van der Waals surface area contributed by atoms with E-state index in [1.807, 2.05) is 61.2 Å². The first-order valence-electron chi connectivity index (χ1n) is 11.4. The zero-order valence-corrected chi connectivity index (χ0v) is 19.3. The highest BCUT2D eigenvalue weighted by molar-refractivity contribution is 5.95. The second-order valence-corrected chi connectivity index (χ2v) is 8.47. The van der Waals surface area contributed by atoms with Crippen LogP contribution in [0.25, 0.3) is 0 Å². The van der Waals surface area contributed by atoms with E-state index in [1.165, 1.54) is 0 Å². The quantitative estimate of drug-likeness (QED) is 0.594. The summed E-state index contributed by atoms with van der Waals surface area (Å²) in [6.07, 6.45) is 2.94.